The Labute approximate surface area is 139 Å². The summed E-state index contributed by atoms with van der Waals surface area (Å²) in [6, 6.07) is 11.9. The fraction of sp³-hybridized carbons (Fsp3) is 0.176. The number of methoxy groups -OCH3 is 1. The Bertz CT molecular complexity index is 1050. The van der Waals surface area contributed by atoms with Gasteiger partial charge in [0, 0.05) is 12.8 Å². The SMILES string of the molecule is COc1ccc2c(c1)c(=O)ncn2Cc1ccc(S(C)(=O)=O)cc1. The van der Waals surface area contributed by atoms with Crippen molar-refractivity contribution in [1.29, 1.82) is 0 Å². The van der Waals surface area contributed by atoms with Crippen LogP contribution >= 0.6 is 0 Å². The summed E-state index contributed by atoms with van der Waals surface area (Å²) in [7, 11) is -1.67. The minimum absolute atomic E-state index is 0.277. The fourth-order valence-electron chi connectivity index (χ4n) is 2.48. The zero-order valence-electron chi connectivity index (χ0n) is 13.3. The standard InChI is InChI=1S/C17H16N2O4S/c1-23-13-5-8-16-15(9-13)17(20)18-11-19(16)10-12-3-6-14(7-4-12)24(2,21)22/h3-9,11H,10H2,1-2H3. The Morgan fingerprint density at radius 1 is 1.12 bits per heavy atom. The van der Waals surface area contributed by atoms with Gasteiger partial charge in [-0.3, -0.25) is 4.79 Å². The molecule has 0 fully saturated rings. The van der Waals surface area contributed by atoms with Crippen LogP contribution in [0.25, 0.3) is 10.9 Å². The highest BCUT2D eigenvalue weighted by atomic mass is 32.2. The van der Waals surface area contributed by atoms with E-state index in [0.29, 0.717) is 17.7 Å². The van der Waals surface area contributed by atoms with E-state index in [1.165, 1.54) is 12.6 Å². The molecule has 0 amide bonds. The largest absolute Gasteiger partial charge is 0.497 e. The van der Waals surface area contributed by atoms with Crippen molar-refractivity contribution >= 4 is 20.7 Å². The third-order valence-corrected chi connectivity index (χ3v) is 4.89. The minimum atomic E-state index is -3.21. The molecule has 0 saturated heterocycles. The highest BCUT2D eigenvalue weighted by Gasteiger charge is 2.08. The van der Waals surface area contributed by atoms with Crippen LogP contribution in [0.4, 0.5) is 0 Å². The summed E-state index contributed by atoms with van der Waals surface area (Å²) in [5, 5.41) is 0.476. The molecule has 0 unspecified atom stereocenters. The van der Waals surface area contributed by atoms with Crippen LogP contribution in [0.15, 0.2) is 58.5 Å². The highest BCUT2D eigenvalue weighted by molar-refractivity contribution is 7.90. The summed E-state index contributed by atoms with van der Waals surface area (Å²) < 4.78 is 30.0. The number of fused-ring (bicyclic) bond motifs is 1. The molecule has 6 nitrogen and oxygen atoms in total. The van der Waals surface area contributed by atoms with Crippen molar-refractivity contribution in [1.82, 2.24) is 9.55 Å². The second-order valence-electron chi connectivity index (χ2n) is 5.48. The number of rotatable bonds is 4. The van der Waals surface area contributed by atoms with E-state index in [1.54, 1.807) is 43.5 Å². The Morgan fingerprint density at radius 3 is 2.46 bits per heavy atom. The lowest BCUT2D eigenvalue weighted by Crippen LogP contribution is -2.13. The number of aromatic nitrogens is 2. The van der Waals surface area contributed by atoms with E-state index in [4.69, 9.17) is 4.74 Å². The van der Waals surface area contributed by atoms with Gasteiger partial charge in [0.2, 0.25) is 0 Å². The third-order valence-electron chi connectivity index (χ3n) is 3.76. The molecule has 0 aliphatic carbocycles. The van der Waals surface area contributed by atoms with Gasteiger partial charge in [0.05, 0.1) is 29.2 Å². The van der Waals surface area contributed by atoms with Gasteiger partial charge in [-0.2, -0.15) is 4.98 Å². The van der Waals surface area contributed by atoms with Crippen LogP contribution in [-0.4, -0.2) is 31.3 Å². The van der Waals surface area contributed by atoms with E-state index in [2.05, 4.69) is 4.98 Å². The number of hydrogen-bond acceptors (Lipinski definition) is 5. The van der Waals surface area contributed by atoms with Gasteiger partial charge in [0.15, 0.2) is 9.84 Å². The molecule has 0 bridgehead atoms. The van der Waals surface area contributed by atoms with Crippen molar-refractivity contribution in [2.24, 2.45) is 0 Å². The lowest BCUT2D eigenvalue weighted by molar-refractivity contribution is 0.415. The molecule has 24 heavy (non-hydrogen) atoms. The molecule has 0 radical (unpaired) electrons. The minimum Gasteiger partial charge on any atom is -0.497 e. The third kappa shape index (κ3) is 3.16. The Kier molecular flexibility index (Phi) is 4.11. The fourth-order valence-corrected chi connectivity index (χ4v) is 3.11. The van der Waals surface area contributed by atoms with E-state index in [0.717, 1.165) is 11.1 Å². The van der Waals surface area contributed by atoms with Gasteiger partial charge in [0.1, 0.15) is 5.75 Å². The number of ether oxygens (including phenoxy) is 1. The van der Waals surface area contributed by atoms with E-state index in [1.807, 2.05) is 10.6 Å². The van der Waals surface area contributed by atoms with Crippen LogP contribution < -0.4 is 10.3 Å². The van der Waals surface area contributed by atoms with E-state index in [-0.39, 0.29) is 10.5 Å². The quantitative estimate of drug-likeness (QED) is 0.722. The maximum Gasteiger partial charge on any atom is 0.280 e. The van der Waals surface area contributed by atoms with Crippen molar-refractivity contribution in [3.8, 4) is 5.75 Å². The van der Waals surface area contributed by atoms with Gasteiger partial charge >= 0.3 is 0 Å². The van der Waals surface area contributed by atoms with Gasteiger partial charge in [0.25, 0.3) is 5.56 Å². The molecule has 7 heteroatoms. The normalized spacial score (nSPS) is 11.6. The molecule has 1 aromatic heterocycles. The van der Waals surface area contributed by atoms with Crippen molar-refractivity contribution in [3.05, 3.63) is 64.7 Å². The topological polar surface area (TPSA) is 78.3 Å². The van der Waals surface area contributed by atoms with Gasteiger partial charge in [-0.15, -0.1) is 0 Å². The van der Waals surface area contributed by atoms with Gasteiger partial charge in [-0.25, -0.2) is 8.42 Å². The molecule has 0 aliphatic rings. The van der Waals surface area contributed by atoms with Crippen molar-refractivity contribution in [2.75, 3.05) is 13.4 Å². The predicted molar refractivity (Wildman–Crippen MR) is 91.2 cm³/mol. The predicted octanol–water partition coefficient (Wildman–Crippen LogP) is 1.86. The van der Waals surface area contributed by atoms with E-state index < -0.39 is 9.84 Å². The summed E-state index contributed by atoms with van der Waals surface area (Å²) in [6.07, 6.45) is 2.66. The van der Waals surface area contributed by atoms with Crippen LogP contribution in [0, 0.1) is 0 Å². The van der Waals surface area contributed by atoms with Gasteiger partial charge < -0.3 is 9.30 Å². The van der Waals surface area contributed by atoms with Crippen molar-refractivity contribution in [2.45, 2.75) is 11.4 Å². The molecular weight excluding hydrogens is 328 g/mol. The molecule has 2 aromatic carbocycles. The summed E-state index contributed by atoms with van der Waals surface area (Å²) in [4.78, 5) is 16.1. The summed E-state index contributed by atoms with van der Waals surface area (Å²) in [5.41, 5.74) is 1.33. The number of nitrogens with zero attached hydrogens (tertiary/aromatic N) is 2. The highest BCUT2D eigenvalue weighted by Crippen LogP contribution is 2.19. The number of sulfone groups is 1. The monoisotopic (exact) mass is 344 g/mol. The molecule has 0 aliphatic heterocycles. The Morgan fingerprint density at radius 2 is 1.83 bits per heavy atom. The summed E-state index contributed by atoms with van der Waals surface area (Å²) in [5.74, 6) is 0.594. The van der Waals surface area contributed by atoms with E-state index in [9.17, 15) is 13.2 Å². The molecule has 124 valence electrons. The Balaban J connectivity index is 2.01. The lowest BCUT2D eigenvalue weighted by atomic mass is 10.2. The lowest BCUT2D eigenvalue weighted by Gasteiger charge is -2.11. The van der Waals surface area contributed by atoms with E-state index >= 15 is 0 Å². The molecule has 0 N–H and O–H groups in total. The zero-order valence-corrected chi connectivity index (χ0v) is 14.1. The molecule has 3 aromatic rings. The van der Waals surface area contributed by atoms with Crippen molar-refractivity contribution < 1.29 is 13.2 Å². The summed E-state index contributed by atoms with van der Waals surface area (Å²) >= 11 is 0. The first-order valence-electron chi connectivity index (χ1n) is 7.20. The maximum absolute atomic E-state index is 12.0. The van der Waals surface area contributed by atoms with Crippen LogP contribution in [-0.2, 0) is 16.4 Å². The molecule has 0 spiro atoms. The Hall–Kier alpha value is -2.67. The first kappa shape index (κ1) is 16.2. The molecule has 1 heterocycles. The average molecular weight is 344 g/mol. The van der Waals surface area contributed by atoms with Crippen LogP contribution in [0.2, 0.25) is 0 Å². The van der Waals surface area contributed by atoms with Gasteiger partial charge in [-0.05, 0) is 35.9 Å². The first-order valence-corrected chi connectivity index (χ1v) is 9.10. The van der Waals surface area contributed by atoms with Gasteiger partial charge in [-0.1, -0.05) is 12.1 Å². The smallest absolute Gasteiger partial charge is 0.280 e. The molecule has 3 rings (SSSR count). The second-order valence-corrected chi connectivity index (χ2v) is 7.49. The average Bonchev–Trinajstić information content (AvgIpc) is 2.57. The maximum atomic E-state index is 12.0. The molecule has 0 saturated carbocycles. The van der Waals surface area contributed by atoms with Crippen LogP contribution in [0.5, 0.6) is 5.75 Å². The molecule has 0 atom stereocenters. The number of hydrogen-bond donors (Lipinski definition) is 0. The van der Waals surface area contributed by atoms with Crippen molar-refractivity contribution in [3.63, 3.8) is 0 Å². The second kappa shape index (κ2) is 6.09. The number of benzene rings is 2. The van der Waals surface area contributed by atoms with Crippen LogP contribution in [0.1, 0.15) is 5.56 Å². The van der Waals surface area contributed by atoms with Crippen LogP contribution in [0.3, 0.4) is 0 Å². The summed E-state index contributed by atoms with van der Waals surface area (Å²) in [6.45, 7) is 0.472. The molecular formula is C17H16N2O4S. The first-order chi connectivity index (χ1) is 11.4. The zero-order chi connectivity index (χ0) is 17.3.